The molecule has 0 aromatic rings. The molecule has 124 valence electrons. The molecule has 3 unspecified atom stereocenters. The van der Waals surface area contributed by atoms with Gasteiger partial charge in [-0.1, -0.05) is 34.6 Å². The molecule has 3 heteroatoms. The van der Waals surface area contributed by atoms with Gasteiger partial charge < -0.3 is 15.2 Å². The molecular formula is C18H35NO2. The lowest BCUT2D eigenvalue weighted by atomic mass is 9.71. The Morgan fingerprint density at radius 1 is 1.29 bits per heavy atom. The molecule has 0 bridgehead atoms. The molecule has 0 saturated heterocycles. The average molecular weight is 297 g/mol. The minimum atomic E-state index is -0.223. The van der Waals surface area contributed by atoms with Crippen molar-refractivity contribution in [2.45, 2.75) is 84.4 Å². The Balaban J connectivity index is 1.95. The van der Waals surface area contributed by atoms with Gasteiger partial charge in [0.05, 0.1) is 24.9 Å². The first-order valence-corrected chi connectivity index (χ1v) is 8.76. The molecule has 2 aliphatic carbocycles. The second-order valence-corrected chi connectivity index (χ2v) is 8.73. The van der Waals surface area contributed by atoms with Crippen molar-refractivity contribution >= 4 is 0 Å². The van der Waals surface area contributed by atoms with Gasteiger partial charge in [0.25, 0.3) is 0 Å². The first kappa shape index (κ1) is 17.2. The second kappa shape index (κ2) is 6.55. The van der Waals surface area contributed by atoms with E-state index in [9.17, 15) is 5.11 Å². The van der Waals surface area contributed by atoms with Crippen molar-refractivity contribution in [3.05, 3.63) is 0 Å². The fourth-order valence-electron chi connectivity index (χ4n) is 4.36. The molecule has 2 fully saturated rings. The first-order chi connectivity index (χ1) is 9.76. The van der Waals surface area contributed by atoms with Crippen molar-refractivity contribution in [2.75, 3.05) is 13.2 Å². The van der Waals surface area contributed by atoms with Crippen LogP contribution in [-0.2, 0) is 4.74 Å². The van der Waals surface area contributed by atoms with Crippen LogP contribution in [0.3, 0.4) is 0 Å². The van der Waals surface area contributed by atoms with E-state index in [-0.39, 0.29) is 12.1 Å². The predicted octanol–water partition coefficient (Wildman–Crippen LogP) is 3.36. The van der Waals surface area contributed by atoms with E-state index >= 15 is 0 Å². The summed E-state index contributed by atoms with van der Waals surface area (Å²) in [6, 6.07) is 0.378. The van der Waals surface area contributed by atoms with E-state index < -0.39 is 0 Å². The highest BCUT2D eigenvalue weighted by Crippen LogP contribution is 2.42. The Hall–Kier alpha value is -0.120. The van der Waals surface area contributed by atoms with Crippen molar-refractivity contribution in [1.29, 1.82) is 0 Å². The van der Waals surface area contributed by atoms with Gasteiger partial charge in [-0.3, -0.25) is 0 Å². The molecule has 2 saturated carbocycles. The monoisotopic (exact) mass is 297 g/mol. The third-order valence-electron chi connectivity index (χ3n) is 5.14. The van der Waals surface area contributed by atoms with Crippen LogP contribution in [0.15, 0.2) is 0 Å². The average Bonchev–Trinajstić information content (AvgIpc) is 3.16. The molecule has 2 N–H and O–H groups in total. The van der Waals surface area contributed by atoms with E-state index in [0.29, 0.717) is 30.1 Å². The summed E-state index contributed by atoms with van der Waals surface area (Å²) < 4.78 is 6.33. The molecule has 0 amide bonds. The predicted molar refractivity (Wildman–Crippen MR) is 87.3 cm³/mol. The van der Waals surface area contributed by atoms with Crippen LogP contribution in [0.5, 0.6) is 0 Å². The lowest BCUT2D eigenvalue weighted by Gasteiger charge is -2.41. The molecule has 3 nitrogen and oxygen atoms in total. The quantitative estimate of drug-likeness (QED) is 0.757. The van der Waals surface area contributed by atoms with Gasteiger partial charge >= 0.3 is 0 Å². The molecular weight excluding hydrogens is 262 g/mol. The second-order valence-electron chi connectivity index (χ2n) is 8.73. The van der Waals surface area contributed by atoms with Crippen molar-refractivity contribution in [3.63, 3.8) is 0 Å². The van der Waals surface area contributed by atoms with Crippen LogP contribution in [0.4, 0.5) is 0 Å². The Labute approximate surface area is 130 Å². The summed E-state index contributed by atoms with van der Waals surface area (Å²) in [6.07, 6.45) is 6.39. The van der Waals surface area contributed by atoms with Crippen molar-refractivity contribution in [3.8, 4) is 0 Å². The Kier molecular flexibility index (Phi) is 5.38. The molecule has 0 aliphatic heterocycles. The third kappa shape index (κ3) is 4.67. The van der Waals surface area contributed by atoms with Crippen LogP contribution in [0.25, 0.3) is 0 Å². The van der Waals surface area contributed by atoms with Gasteiger partial charge in [0, 0.05) is 6.04 Å². The van der Waals surface area contributed by atoms with Crippen LogP contribution in [-0.4, -0.2) is 36.0 Å². The highest BCUT2D eigenvalue weighted by Gasteiger charge is 2.46. The Bertz CT molecular complexity index is 338. The maximum absolute atomic E-state index is 9.98. The number of rotatable bonds is 7. The Morgan fingerprint density at radius 3 is 2.43 bits per heavy atom. The maximum Gasteiger partial charge on any atom is 0.0681 e. The van der Waals surface area contributed by atoms with Gasteiger partial charge in [0.2, 0.25) is 0 Å². The summed E-state index contributed by atoms with van der Waals surface area (Å²) in [5, 5.41) is 13.6. The fraction of sp³-hybridized carbons (Fsp3) is 1.00. The van der Waals surface area contributed by atoms with E-state index in [1.165, 1.54) is 19.3 Å². The Morgan fingerprint density at radius 2 is 1.95 bits per heavy atom. The molecule has 3 atom stereocenters. The van der Waals surface area contributed by atoms with Gasteiger partial charge in [0.15, 0.2) is 0 Å². The molecule has 0 radical (unpaired) electrons. The molecule has 2 aliphatic rings. The van der Waals surface area contributed by atoms with E-state index in [1.807, 2.05) is 0 Å². The molecule has 0 heterocycles. The van der Waals surface area contributed by atoms with Crippen molar-refractivity contribution < 1.29 is 9.84 Å². The SMILES string of the molecule is CC1CC(OCC(CO)(NC(C)C)C2CC2)CC(C)(C)C1. The summed E-state index contributed by atoms with van der Waals surface area (Å²) >= 11 is 0. The third-order valence-corrected chi connectivity index (χ3v) is 5.14. The fourth-order valence-corrected chi connectivity index (χ4v) is 4.36. The standard InChI is InChI=1S/C18H35NO2/c1-13(2)19-18(11-20,15-6-7-15)12-21-16-8-14(3)9-17(4,5)10-16/h13-16,19-20H,6-12H2,1-5H3. The zero-order valence-corrected chi connectivity index (χ0v) is 14.6. The molecule has 21 heavy (non-hydrogen) atoms. The van der Waals surface area contributed by atoms with Crippen molar-refractivity contribution in [2.24, 2.45) is 17.3 Å². The minimum Gasteiger partial charge on any atom is -0.394 e. The summed E-state index contributed by atoms with van der Waals surface area (Å²) in [5.41, 5.74) is 0.161. The summed E-state index contributed by atoms with van der Waals surface area (Å²) in [6.45, 7) is 12.2. The summed E-state index contributed by atoms with van der Waals surface area (Å²) in [7, 11) is 0. The van der Waals surface area contributed by atoms with E-state index in [2.05, 4.69) is 39.9 Å². The number of nitrogens with one attached hydrogen (secondary N) is 1. The van der Waals surface area contributed by atoms with Crippen LogP contribution in [0.1, 0.15) is 66.7 Å². The number of aliphatic hydroxyl groups excluding tert-OH is 1. The zero-order chi connectivity index (χ0) is 15.7. The lowest BCUT2D eigenvalue weighted by molar-refractivity contribution is -0.0626. The number of hydrogen-bond acceptors (Lipinski definition) is 3. The maximum atomic E-state index is 9.98. The van der Waals surface area contributed by atoms with Crippen LogP contribution in [0, 0.1) is 17.3 Å². The molecule has 0 spiro atoms. The summed E-state index contributed by atoms with van der Waals surface area (Å²) in [5.74, 6) is 1.32. The van der Waals surface area contributed by atoms with E-state index in [0.717, 1.165) is 18.8 Å². The normalized spacial score (nSPS) is 32.1. The number of ether oxygens (including phenoxy) is 1. The molecule has 0 aromatic carbocycles. The van der Waals surface area contributed by atoms with Crippen molar-refractivity contribution in [1.82, 2.24) is 5.32 Å². The first-order valence-electron chi connectivity index (χ1n) is 8.76. The minimum absolute atomic E-state index is 0.182. The van der Waals surface area contributed by atoms with Gasteiger partial charge in [-0.25, -0.2) is 0 Å². The van der Waals surface area contributed by atoms with Gasteiger partial charge in [0.1, 0.15) is 0 Å². The molecule has 0 aromatic heterocycles. The van der Waals surface area contributed by atoms with Gasteiger partial charge in [-0.2, -0.15) is 0 Å². The lowest BCUT2D eigenvalue weighted by Crippen LogP contribution is -2.57. The largest absolute Gasteiger partial charge is 0.394 e. The number of aliphatic hydroxyl groups is 1. The van der Waals surface area contributed by atoms with Crippen LogP contribution >= 0.6 is 0 Å². The zero-order valence-electron chi connectivity index (χ0n) is 14.6. The van der Waals surface area contributed by atoms with Gasteiger partial charge in [-0.05, 0) is 49.4 Å². The molecule has 2 rings (SSSR count). The van der Waals surface area contributed by atoms with Crippen LogP contribution < -0.4 is 5.32 Å². The topological polar surface area (TPSA) is 41.5 Å². The smallest absolute Gasteiger partial charge is 0.0681 e. The number of hydrogen-bond donors (Lipinski definition) is 2. The van der Waals surface area contributed by atoms with Crippen LogP contribution in [0.2, 0.25) is 0 Å². The van der Waals surface area contributed by atoms with E-state index in [1.54, 1.807) is 0 Å². The summed E-state index contributed by atoms with van der Waals surface area (Å²) in [4.78, 5) is 0. The van der Waals surface area contributed by atoms with E-state index in [4.69, 9.17) is 4.74 Å². The van der Waals surface area contributed by atoms with Gasteiger partial charge in [-0.15, -0.1) is 0 Å². The highest BCUT2D eigenvalue weighted by atomic mass is 16.5. The highest BCUT2D eigenvalue weighted by molar-refractivity contribution is 5.02.